The number of rotatable bonds is 7. The Hall–Kier alpha value is -2.72. The summed E-state index contributed by atoms with van der Waals surface area (Å²) < 4.78 is 42.9. The lowest BCUT2D eigenvalue weighted by Gasteiger charge is -2.22. The van der Waals surface area contributed by atoms with E-state index in [0.717, 1.165) is 19.0 Å². The number of carbonyl (C=O) groups excluding carboxylic acids is 1. The molecule has 0 spiro atoms. The molecular weight excluding hydrogens is 442 g/mol. The number of carbonyl (C=O) groups is 1. The maximum atomic E-state index is 14.6. The van der Waals surface area contributed by atoms with Gasteiger partial charge in [0.1, 0.15) is 22.6 Å². The quantitative estimate of drug-likeness (QED) is 0.536. The van der Waals surface area contributed by atoms with Crippen LogP contribution >= 0.6 is 11.3 Å². The monoisotopic (exact) mass is 462 g/mol. The van der Waals surface area contributed by atoms with Crippen molar-refractivity contribution in [2.75, 3.05) is 10.0 Å². The van der Waals surface area contributed by atoms with Gasteiger partial charge in [-0.2, -0.15) is 0 Å². The van der Waals surface area contributed by atoms with E-state index in [1.165, 1.54) is 35.7 Å². The van der Waals surface area contributed by atoms with Crippen molar-refractivity contribution in [1.82, 2.24) is 9.97 Å². The number of halogens is 2. The molecule has 0 radical (unpaired) electrons. The van der Waals surface area contributed by atoms with Crippen LogP contribution in [0.15, 0.2) is 42.0 Å². The third-order valence-corrected chi connectivity index (χ3v) is 7.34. The molecule has 162 valence electrons. The van der Waals surface area contributed by atoms with E-state index in [9.17, 15) is 17.8 Å². The fourth-order valence-corrected chi connectivity index (χ4v) is 4.93. The maximum absolute atomic E-state index is 14.6. The van der Waals surface area contributed by atoms with Gasteiger partial charge in [-0.3, -0.25) is 14.5 Å². The van der Waals surface area contributed by atoms with Gasteiger partial charge in [-0.1, -0.05) is 6.07 Å². The summed E-state index contributed by atoms with van der Waals surface area (Å²) in [6, 6.07) is 5.49. The van der Waals surface area contributed by atoms with Gasteiger partial charge in [0.2, 0.25) is 5.91 Å². The second kappa shape index (κ2) is 8.43. The van der Waals surface area contributed by atoms with E-state index >= 15 is 0 Å². The number of hydrogen-bond donors (Lipinski definition) is 2. The van der Waals surface area contributed by atoms with Gasteiger partial charge < -0.3 is 5.32 Å². The van der Waals surface area contributed by atoms with Gasteiger partial charge in [0, 0.05) is 17.1 Å². The molecule has 0 saturated heterocycles. The minimum Gasteiger partial charge on any atom is -0.323 e. The molecule has 1 saturated carbocycles. The SMILES string of the molecule is CC(C)(C(=O)Nc1ccc(-c2cncc(F)c2)cc1F)c1csc(NS(=O)C2CC2)n1. The lowest BCUT2D eigenvalue weighted by atomic mass is 9.89. The van der Waals surface area contributed by atoms with Gasteiger partial charge in [0.25, 0.3) is 0 Å². The van der Waals surface area contributed by atoms with Crippen molar-refractivity contribution in [3.05, 3.63) is 59.4 Å². The summed E-state index contributed by atoms with van der Waals surface area (Å²) in [5.74, 6) is -1.60. The summed E-state index contributed by atoms with van der Waals surface area (Å²) in [5, 5.41) is 4.97. The third-order valence-electron chi connectivity index (χ3n) is 4.98. The largest absolute Gasteiger partial charge is 0.323 e. The van der Waals surface area contributed by atoms with Crippen LogP contribution < -0.4 is 10.0 Å². The minimum atomic E-state index is -1.17. The highest BCUT2D eigenvalue weighted by atomic mass is 32.2. The summed E-state index contributed by atoms with van der Waals surface area (Å²) in [7, 11) is -1.17. The minimum absolute atomic E-state index is 0.00889. The smallest absolute Gasteiger partial charge is 0.236 e. The van der Waals surface area contributed by atoms with Gasteiger partial charge in [-0.15, -0.1) is 11.3 Å². The number of benzene rings is 1. The molecule has 2 N–H and O–H groups in total. The Labute approximate surface area is 184 Å². The number of hydrogen-bond acceptors (Lipinski definition) is 5. The van der Waals surface area contributed by atoms with Crippen molar-refractivity contribution in [3.63, 3.8) is 0 Å². The second-order valence-electron chi connectivity index (χ2n) is 7.80. The topological polar surface area (TPSA) is 84.0 Å². The summed E-state index contributed by atoms with van der Waals surface area (Å²) in [6.45, 7) is 3.37. The van der Waals surface area contributed by atoms with E-state index in [1.807, 2.05) is 0 Å². The fraction of sp³-hybridized carbons (Fsp3) is 0.286. The summed E-state index contributed by atoms with van der Waals surface area (Å²) in [4.78, 5) is 21.0. The first-order valence-electron chi connectivity index (χ1n) is 9.59. The number of aromatic nitrogens is 2. The Kier molecular flexibility index (Phi) is 5.85. The molecule has 1 amide bonds. The van der Waals surface area contributed by atoms with Gasteiger partial charge in [0.15, 0.2) is 5.13 Å². The van der Waals surface area contributed by atoms with E-state index in [2.05, 4.69) is 20.0 Å². The molecule has 1 unspecified atom stereocenters. The molecule has 1 aliphatic carbocycles. The van der Waals surface area contributed by atoms with Crippen LogP contribution in [0.25, 0.3) is 11.1 Å². The number of anilines is 2. The van der Waals surface area contributed by atoms with E-state index in [-0.39, 0.29) is 10.9 Å². The van der Waals surface area contributed by atoms with Crippen molar-refractivity contribution in [1.29, 1.82) is 0 Å². The first-order valence-corrected chi connectivity index (χ1v) is 11.7. The van der Waals surface area contributed by atoms with Crippen LogP contribution in [0.1, 0.15) is 32.4 Å². The number of thiazole rings is 1. The van der Waals surface area contributed by atoms with E-state index in [4.69, 9.17) is 0 Å². The lowest BCUT2D eigenvalue weighted by Crippen LogP contribution is -2.35. The highest BCUT2D eigenvalue weighted by Crippen LogP contribution is 2.32. The van der Waals surface area contributed by atoms with Crippen LogP contribution in [0.5, 0.6) is 0 Å². The normalized spacial score (nSPS) is 14.8. The van der Waals surface area contributed by atoms with Crippen molar-refractivity contribution in [3.8, 4) is 11.1 Å². The number of pyridine rings is 1. The van der Waals surface area contributed by atoms with Crippen LogP contribution in [0.2, 0.25) is 0 Å². The number of nitrogens with zero attached hydrogens (tertiary/aromatic N) is 2. The highest BCUT2D eigenvalue weighted by Gasteiger charge is 2.34. The van der Waals surface area contributed by atoms with Crippen molar-refractivity contribution in [2.24, 2.45) is 0 Å². The molecule has 2 heterocycles. The predicted molar refractivity (Wildman–Crippen MR) is 118 cm³/mol. The first kappa shape index (κ1) is 21.5. The molecule has 6 nitrogen and oxygen atoms in total. The third kappa shape index (κ3) is 4.80. The average Bonchev–Trinajstić information content (AvgIpc) is 3.48. The van der Waals surface area contributed by atoms with E-state index in [0.29, 0.717) is 22.0 Å². The molecule has 1 aliphatic rings. The Bertz CT molecular complexity index is 1160. The first-order chi connectivity index (χ1) is 14.7. The molecule has 0 bridgehead atoms. The lowest BCUT2D eigenvalue weighted by molar-refractivity contribution is -0.120. The zero-order chi connectivity index (χ0) is 22.2. The van der Waals surface area contributed by atoms with Gasteiger partial charge in [-0.05, 0) is 50.5 Å². The average molecular weight is 463 g/mol. The molecule has 2 aromatic heterocycles. The molecular formula is C21H20F2N4O2S2. The van der Waals surface area contributed by atoms with Crippen molar-refractivity contribution < 1.29 is 17.8 Å². The standard InChI is InChI=1S/C21H20F2N4O2S2/c1-21(2,18-11-30-20(26-18)27-31(29)15-4-5-15)19(28)25-17-6-3-12(8-16(17)23)13-7-14(22)10-24-9-13/h3,6-11,15H,4-5H2,1-2H3,(H,25,28)(H,26,27). The molecule has 10 heteroatoms. The molecule has 0 aliphatic heterocycles. The van der Waals surface area contributed by atoms with E-state index < -0.39 is 33.9 Å². The molecule has 1 fully saturated rings. The number of amides is 1. The Morgan fingerprint density at radius 3 is 2.65 bits per heavy atom. The predicted octanol–water partition coefficient (Wildman–Crippen LogP) is 4.64. The van der Waals surface area contributed by atoms with Crippen molar-refractivity contribution in [2.45, 2.75) is 37.4 Å². The number of nitrogens with one attached hydrogen (secondary N) is 2. The molecule has 1 aromatic carbocycles. The van der Waals surface area contributed by atoms with Gasteiger partial charge >= 0.3 is 0 Å². The van der Waals surface area contributed by atoms with Crippen LogP contribution in [-0.2, 0) is 21.2 Å². The summed E-state index contributed by atoms with van der Waals surface area (Å²) >= 11 is 1.27. The van der Waals surface area contributed by atoms with Crippen LogP contribution in [0.3, 0.4) is 0 Å². The summed E-state index contributed by atoms with van der Waals surface area (Å²) in [6.07, 6.45) is 4.38. The Morgan fingerprint density at radius 2 is 1.97 bits per heavy atom. The van der Waals surface area contributed by atoms with Crippen LogP contribution in [0.4, 0.5) is 19.6 Å². The Balaban J connectivity index is 1.48. The molecule has 1 atom stereocenters. The Morgan fingerprint density at radius 1 is 1.19 bits per heavy atom. The van der Waals surface area contributed by atoms with Gasteiger partial charge in [-0.25, -0.2) is 18.0 Å². The van der Waals surface area contributed by atoms with Crippen LogP contribution in [-0.4, -0.2) is 25.3 Å². The summed E-state index contributed by atoms with van der Waals surface area (Å²) in [5.41, 5.74) is 0.335. The molecule has 4 rings (SSSR count). The second-order valence-corrected chi connectivity index (χ2v) is 10.1. The maximum Gasteiger partial charge on any atom is 0.236 e. The molecule has 3 aromatic rings. The zero-order valence-electron chi connectivity index (χ0n) is 16.8. The van der Waals surface area contributed by atoms with Crippen LogP contribution in [0, 0.1) is 11.6 Å². The molecule has 31 heavy (non-hydrogen) atoms. The van der Waals surface area contributed by atoms with E-state index in [1.54, 1.807) is 25.3 Å². The van der Waals surface area contributed by atoms with Crippen molar-refractivity contribution >= 4 is 39.0 Å². The highest BCUT2D eigenvalue weighted by molar-refractivity contribution is 7.87. The zero-order valence-corrected chi connectivity index (χ0v) is 18.4. The van der Waals surface area contributed by atoms with Gasteiger partial charge in [0.05, 0.1) is 28.2 Å². The fourth-order valence-electron chi connectivity index (χ4n) is 2.82.